The van der Waals surface area contributed by atoms with Crippen LogP contribution in [0.25, 0.3) is 0 Å². The van der Waals surface area contributed by atoms with E-state index in [-0.39, 0.29) is 0 Å². The van der Waals surface area contributed by atoms with Crippen molar-refractivity contribution in [1.82, 2.24) is 0 Å². The molecule has 0 bridgehead atoms. The highest BCUT2D eigenvalue weighted by molar-refractivity contribution is 9.10. The van der Waals surface area contributed by atoms with E-state index in [2.05, 4.69) is 15.9 Å². The molecule has 0 saturated heterocycles. The number of benzene rings is 1. The molecule has 1 unspecified atom stereocenters. The number of aliphatic carboxylic acids is 1. The van der Waals surface area contributed by atoms with Crippen LogP contribution in [0, 0.1) is 0 Å². The summed E-state index contributed by atoms with van der Waals surface area (Å²) >= 11 is 9.33. The molecule has 4 nitrogen and oxygen atoms in total. The fourth-order valence-electron chi connectivity index (χ4n) is 1.51. The van der Waals surface area contributed by atoms with Crippen molar-refractivity contribution in [2.24, 2.45) is 0 Å². The van der Waals surface area contributed by atoms with E-state index < -0.39 is 11.9 Å². The predicted octanol–water partition coefficient (Wildman–Crippen LogP) is 3.31. The number of ether oxygens (including phenoxy) is 2. The van der Waals surface area contributed by atoms with E-state index in [0.29, 0.717) is 26.6 Å². The Morgan fingerprint density at radius 1 is 1.41 bits per heavy atom. The summed E-state index contributed by atoms with van der Waals surface area (Å²) in [5.41, 5.74) is 0.404. The Labute approximate surface area is 113 Å². The monoisotopic (exact) mass is 322 g/mol. The largest absolute Gasteiger partial charge is 0.492 e. The van der Waals surface area contributed by atoms with Gasteiger partial charge in [0.2, 0.25) is 0 Å². The van der Waals surface area contributed by atoms with Gasteiger partial charge in [-0.15, -0.1) is 0 Å². The van der Waals surface area contributed by atoms with E-state index in [1.165, 1.54) is 14.2 Å². The molecule has 1 N–H and O–H groups in total. The van der Waals surface area contributed by atoms with Gasteiger partial charge in [-0.1, -0.05) is 11.6 Å². The van der Waals surface area contributed by atoms with E-state index in [1.54, 1.807) is 13.0 Å². The first kappa shape index (κ1) is 14.1. The lowest BCUT2D eigenvalue weighted by molar-refractivity contribution is -0.138. The first-order chi connectivity index (χ1) is 7.93. The summed E-state index contributed by atoms with van der Waals surface area (Å²) < 4.78 is 11.0. The average Bonchev–Trinajstić information content (AvgIpc) is 2.27. The van der Waals surface area contributed by atoms with Crippen LogP contribution in [0.2, 0.25) is 5.02 Å². The first-order valence-electron chi connectivity index (χ1n) is 4.76. The fourth-order valence-corrected chi connectivity index (χ4v) is 2.57. The minimum atomic E-state index is -0.977. The van der Waals surface area contributed by atoms with Crippen LogP contribution in [0.5, 0.6) is 11.5 Å². The average molecular weight is 324 g/mol. The van der Waals surface area contributed by atoms with Crippen molar-refractivity contribution in [3.8, 4) is 11.5 Å². The molecule has 0 aliphatic heterocycles. The van der Waals surface area contributed by atoms with E-state index in [9.17, 15) is 4.79 Å². The van der Waals surface area contributed by atoms with Gasteiger partial charge in [-0.25, -0.2) is 0 Å². The highest BCUT2D eigenvalue weighted by atomic mass is 79.9. The quantitative estimate of drug-likeness (QED) is 0.923. The van der Waals surface area contributed by atoms with Gasteiger partial charge in [0, 0.05) is 10.6 Å². The number of methoxy groups -OCH3 is 2. The zero-order valence-electron chi connectivity index (χ0n) is 9.58. The van der Waals surface area contributed by atoms with Crippen LogP contribution < -0.4 is 9.47 Å². The molecule has 0 saturated carbocycles. The standard InChI is InChI=1S/C11H12BrClO4/c1-5(11(14)15)8-7(13)4-6(12)9(16-2)10(8)17-3/h4-5H,1-3H3,(H,14,15). The fraction of sp³-hybridized carbons (Fsp3) is 0.364. The van der Waals surface area contributed by atoms with E-state index in [4.69, 9.17) is 26.2 Å². The lowest BCUT2D eigenvalue weighted by Crippen LogP contribution is -2.10. The lowest BCUT2D eigenvalue weighted by atomic mass is 9.99. The topological polar surface area (TPSA) is 55.8 Å². The third-order valence-corrected chi connectivity index (χ3v) is 3.29. The van der Waals surface area contributed by atoms with Crippen LogP contribution in [0.4, 0.5) is 0 Å². The molecule has 0 aromatic heterocycles. The molecule has 0 aliphatic carbocycles. The molecular weight excluding hydrogens is 311 g/mol. The van der Waals surface area contributed by atoms with Crippen molar-refractivity contribution >= 4 is 33.5 Å². The van der Waals surface area contributed by atoms with Crippen molar-refractivity contribution in [3.05, 3.63) is 21.1 Å². The SMILES string of the molecule is COc1c(Br)cc(Cl)c(C(C)C(=O)O)c1OC. The molecule has 1 rings (SSSR count). The van der Waals surface area contributed by atoms with Crippen molar-refractivity contribution in [2.45, 2.75) is 12.8 Å². The third-order valence-electron chi connectivity index (χ3n) is 2.39. The second-order valence-electron chi connectivity index (χ2n) is 3.38. The van der Waals surface area contributed by atoms with Gasteiger partial charge in [0.15, 0.2) is 11.5 Å². The Morgan fingerprint density at radius 2 is 1.94 bits per heavy atom. The molecule has 0 fully saturated rings. The summed E-state index contributed by atoms with van der Waals surface area (Å²) in [6, 6.07) is 1.59. The minimum Gasteiger partial charge on any atom is -0.492 e. The van der Waals surface area contributed by atoms with Crippen molar-refractivity contribution < 1.29 is 19.4 Å². The molecular formula is C11H12BrClO4. The lowest BCUT2D eigenvalue weighted by Gasteiger charge is -2.18. The van der Waals surface area contributed by atoms with Gasteiger partial charge in [0.1, 0.15) is 0 Å². The van der Waals surface area contributed by atoms with E-state index in [1.807, 2.05) is 0 Å². The molecule has 0 amide bonds. The predicted molar refractivity (Wildman–Crippen MR) is 68.3 cm³/mol. The molecule has 1 aromatic rings. The molecule has 94 valence electrons. The van der Waals surface area contributed by atoms with Crippen LogP contribution in [0.3, 0.4) is 0 Å². The van der Waals surface area contributed by atoms with Crippen LogP contribution >= 0.6 is 27.5 Å². The van der Waals surface area contributed by atoms with Crippen molar-refractivity contribution in [2.75, 3.05) is 14.2 Å². The summed E-state index contributed by atoms with van der Waals surface area (Å²) in [5.74, 6) is -0.990. The maximum atomic E-state index is 11.0. The Balaban J connectivity index is 3.52. The van der Waals surface area contributed by atoms with E-state index >= 15 is 0 Å². The number of hydrogen-bond acceptors (Lipinski definition) is 3. The second-order valence-corrected chi connectivity index (χ2v) is 4.64. The van der Waals surface area contributed by atoms with Gasteiger partial charge in [-0.05, 0) is 28.9 Å². The molecule has 1 atom stereocenters. The first-order valence-corrected chi connectivity index (χ1v) is 5.93. The normalized spacial score (nSPS) is 12.1. The Bertz CT molecular complexity index is 448. The smallest absolute Gasteiger partial charge is 0.310 e. The number of carboxylic acid groups (broad SMARTS) is 1. The van der Waals surface area contributed by atoms with E-state index in [0.717, 1.165) is 0 Å². The van der Waals surface area contributed by atoms with Gasteiger partial charge in [0.05, 0.1) is 24.6 Å². The molecule has 6 heteroatoms. The zero-order valence-corrected chi connectivity index (χ0v) is 11.9. The molecule has 0 heterocycles. The number of carbonyl (C=O) groups is 1. The summed E-state index contributed by atoms with van der Waals surface area (Å²) in [7, 11) is 2.92. The van der Waals surface area contributed by atoms with Crippen LogP contribution in [-0.4, -0.2) is 25.3 Å². The number of hydrogen-bond donors (Lipinski definition) is 1. The molecule has 0 spiro atoms. The Kier molecular flexibility index (Phi) is 4.65. The van der Waals surface area contributed by atoms with Crippen LogP contribution in [0.1, 0.15) is 18.4 Å². The summed E-state index contributed by atoms with van der Waals surface area (Å²) in [6.45, 7) is 1.54. The van der Waals surface area contributed by atoms with Gasteiger partial charge >= 0.3 is 5.97 Å². The molecule has 0 radical (unpaired) electrons. The summed E-state index contributed by atoms with van der Waals surface area (Å²) in [6.07, 6.45) is 0. The van der Waals surface area contributed by atoms with Crippen LogP contribution in [-0.2, 0) is 4.79 Å². The highest BCUT2D eigenvalue weighted by Gasteiger charge is 2.26. The summed E-state index contributed by atoms with van der Waals surface area (Å²) in [4.78, 5) is 11.0. The van der Waals surface area contributed by atoms with Crippen molar-refractivity contribution in [1.29, 1.82) is 0 Å². The van der Waals surface area contributed by atoms with Crippen LogP contribution in [0.15, 0.2) is 10.5 Å². The van der Waals surface area contributed by atoms with Gasteiger partial charge < -0.3 is 14.6 Å². The maximum Gasteiger partial charge on any atom is 0.310 e. The van der Waals surface area contributed by atoms with Gasteiger partial charge in [-0.2, -0.15) is 0 Å². The van der Waals surface area contributed by atoms with Crippen molar-refractivity contribution in [3.63, 3.8) is 0 Å². The zero-order chi connectivity index (χ0) is 13.2. The molecule has 0 aliphatic rings. The molecule has 17 heavy (non-hydrogen) atoms. The highest BCUT2D eigenvalue weighted by Crippen LogP contribution is 2.45. The number of carboxylic acids is 1. The van der Waals surface area contributed by atoms with Gasteiger partial charge in [0.25, 0.3) is 0 Å². The number of halogens is 2. The van der Waals surface area contributed by atoms with Gasteiger partial charge in [-0.3, -0.25) is 4.79 Å². The minimum absolute atomic E-state index is 0.324. The second kappa shape index (κ2) is 5.60. The summed E-state index contributed by atoms with van der Waals surface area (Å²) in [5, 5.41) is 9.37. The Morgan fingerprint density at radius 3 is 2.35 bits per heavy atom. The molecule has 1 aromatic carbocycles. The third kappa shape index (κ3) is 2.66. The maximum absolute atomic E-state index is 11.0. The Hall–Kier alpha value is -0.940. The number of rotatable bonds is 4.